The van der Waals surface area contributed by atoms with E-state index in [0.717, 1.165) is 49.4 Å². The van der Waals surface area contributed by atoms with Crippen LogP contribution in [0.5, 0.6) is 5.75 Å². The first kappa shape index (κ1) is 37.2. The van der Waals surface area contributed by atoms with Gasteiger partial charge in [0, 0.05) is 30.1 Å². The predicted molar refractivity (Wildman–Crippen MR) is 213 cm³/mol. The van der Waals surface area contributed by atoms with Crippen molar-refractivity contribution < 1.29 is 29.0 Å². The molecule has 4 atom stereocenters. The molecule has 4 aromatic rings. The Balaban J connectivity index is 1.23. The van der Waals surface area contributed by atoms with Gasteiger partial charge < -0.3 is 24.3 Å². The summed E-state index contributed by atoms with van der Waals surface area (Å²) in [6.07, 6.45) is 4.60. The number of carboxylic acids is 2. The number of anilines is 1. The largest absolute Gasteiger partial charge is 0.490 e. The van der Waals surface area contributed by atoms with E-state index in [1.54, 1.807) is 6.07 Å². The number of hydrogen-bond donors (Lipinski definition) is 2. The average Bonchev–Trinajstić information content (AvgIpc) is 3.27. The Labute approximate surface area is 319 Å². The Morgan fingerprint density at radius 2 is 1.62 bits per heavy atom. The number of ether oxygens (including phenoxy) is 1. The van der Waals surface area contributed by atoms with E-state index in [-0.39, 0.29) is 10.5 Å². The van der Waals surface area contributed by atoms with Crippen LogP contribution >= 0.6 is 11.6 Å². The first-order chi connectivity index (χ1) is 25.4. The lowest BCUT2D eigenvalue weighted by Gasteiger charge is -2.47. The van der Waals surface area contributed by atoms with Crippen molar-refractivity contribution in [2.24, 2.45) is 11.8 Å². The zero-order valence-corrected chi connectivity index (χ0v) is 32.6. The van der Waals surface area contributed by atoms with E-state index in [4.69, 9.17) is 20.8 Å². The van der Waals surface area contributed by atoms with Gasteiger partial charge in [-0.25, -0.2) is 0 Å². The van der Waals surface area contributed by atoms with E-state index in [1.807, 2.05) is 18.2 Å². The number of nitrogens with zero attached hydrogens (tertiary/aromatic N) is 1. The van der Waals surface area contributed by atoms with Crippen LogP contribution < -0.4 is 20.0 Å². The van der Waals surface area contributed by atoms with Gasteiger partial charge in [0.05, 0.1) is 24.6 Å². The second-order valence-corrected chi connectivity index (χ2v) is 21.1. The van der Waals surface area contributed by atoms with Crippen LogP contribution in [0.25, 0.3) is 0 Å². The van der Waals surface area contributed by atoms with E-state index in [0.29, 0.717) is 42.9 Å². The van der Waals surface area contributed by atoms with Crippen molar-refractivity contribution in [1.82, 2.24) is 0 Å². The van der Waals surface area contributed by atoms with Gasteiger partial charge in [-0.15, -0.1) is 0 Å². The van der Waals surface area contributed by atoms with Crippen LogP contribution in [0.15, 0.2) is 97.1 Å². The molecule has 7 nitrogen and oxygen atoms in total. The van der Waals surface area contributed by atoms with Crippen molar-refractivity contribution in [1.29, 1.82) is 0 Å². The van der Waals surface area contributed by atoms with Gasteiger partial charge in [-0.05, 0) is 100 Å². The van der Waals surface area contributed by atoms with Crippen molar-refractivity contribution in [3.63, 3.8) is 0 Å². The van der Waals surface area contributed by atoms with Crippen LogP contribution in [0, 0.1) is 11.8 Å². The fourth-order valence-corrected chi connectivity index (χ4v) is 14.1. The number of rotatable bonds is 11. The maximum absolute atomic E-state index is 12.3. The summed E-state index contributed by atoms with van der Waals surface area (Å²) in [6.45, 7) is 9.55. The summed E-state index contributed by atoms with van der Waals surface area (Å²) in [7, 11) is -2.71. The maximum Gasteiger partial charge on any atom is 0.311 e. The van der Waals surface area contributed by atoms with Crippen LogP contribution in [0.4, 0.5) is 5.69 Å². The molecule has 0 amide bonds. The van der Waals surface area contributed by atoms with Gasteiger partial charge in [0.1, 0.15) is 5.75 Å². The lowest BCUT2D eigenvalue weighted by Crippen LogP contribution is -2.67. The number of aliphatic carboxylic acids is 2. The van der Waals surface area contributed by atoms with E-state index in [1.165, 1.54) is 21.5 Å². The monoisotopic (exact) mass is 751 g/mol. The molecule has 278 valence electrons. The van der Waals surface area contributed by atoms with Crippen molar-refractivity contribution in [2.45, 2.75) is 75.7 Å². The minimum absolute atomic E-state index is 0.118. The third-order valence-electron chi connectivity index (χ3n) is 12.1. The Morgan fingerprint density at radius 3 is 2.23 bits per heavy atom. The number of carbonyl (C=O) groups is 2. The summed E-state index contributed by atoms with van der Waals surface area (Å²) in [5.41, 5.74) is 3.54. The van der Waals surface area contributed by atoms with E-state index in [2.05, 4.69) is 98.5 Å². The first-order valence-electron chi connectivity index (χ1n) is 18.9. The fraction of sp³-hybridized carbons (Fsp3) is 0.409. The molecule has 0 saturated heterocycles. The highest BCUT2D eigenvalue weighted by molar-refractivity contribution is 6.99. The molecule has 9 heteroatoms. The minimum Gasteiger partial charge on any atom is -0.490 e. The van der Waals surface area contributed by atoms with Gasteiger partial charge in [-0.1, -0.05) is 105 Å². The highest BCUT2D eigenvalue weighted by Gasteiger charge is 2.51. The topological polar surface area (TPSA) is 96.3 Å². The number of aryl methyl sites for hydroxylation is 1. The molecule has 4 aromatic carbocycles. The predicted octanol–water partition coefficient (Wildman–Crippen LogP) is 8.06. The third kappa shape index (κ3) is 7.26. The van der Waals surface area contributed by atoms with Crippen LogP contribution in [-0.2, 0) is 25.9 Å². The second kappa shape index (κ2) is 15.0. The number of benzene rings is 4. The van der Waals surface area contributed by atoms with Crippen LogP contribution in [0.3, 0.4) is 0 Å². The van der Waals surface area contributed by atoms with E-state index in [9.17, 15) is 19.8 Å². The Hall–Kier alpha value is -4.11. The molecule has 0 radical (unpaired) electrons. The van der Waals surface area contributed by atoms with Gasteiger partial charge in [0.2, 0.25) is 0 Å². The van der Waals surface area contributed by atoms with E-state index >= 15 is 0 Å². The summed E-state index contributed by atoms with van der Waals surface area (Å²) in [5, 5.41) is 22.8. The van der Waals surface area contributed by atoms with Crippen molar-refractivity contribution >= 4 is 47.9 Å². The molecule has 1 heterocycles. The summed E-state index contributed by atoms with van der Waals surface area (Å²) >= 11 is 6.49. The molecule has 0 bridgehead atoms. The van der Waals surface area contributed by atoms with Gasteiger partial charge in [-0.2, -0.15) is 0 Å². The highest BCUT2D eigenvalue weighted by atomic mass is 35.5. The summed E-state index contributed by atoms with van der Waals surface area (Å²) in [4.78, 5) is 26.5. The average molecular weight is 752 g/mol. The number of fused-ring (bicyclic) bond motifs is 3. The zero-order valence-electron chi connectivity index (χ0n) is 30.9. The number of carboxylic acid groups (broad SMARTS) is 2. The normalized spacial score (nSPS) is 21.8. The van der Waals surface area contributed by atoms with Gasteiger partial charge in [-0.3, -0.25) is 9.59 Å². The Kier molecular flexibility index (Phi) is 10.5. The molecule has 53 heavy (non-hydrogen) atoms. The highest BCUT2D eigenvalue weighted by Crippen LogP contribution is 2.47. The van der Waals surface area contributed by atoms with Crippen molar-refractivity contribution in [2.75, 3.05) is 31.2 Å². The first-order valence-corrected chi connectivity index (χ1v) is 21.2. The van der Waals surface area contributed by atoms with Crippen molar-refractivity contribution in [3.8, 4) is 5.75 Å². The summed E-state index contributed by atoms with van der Waals surface area (Å²) in [6, 6.07) is 33.2. The molecular formula is C44H50ClNO6Si. The zero-order chi connectivity index (χ0) is 37.4. The molecule has 1 saturated carbocycles. The summed E-state index contributed by atoms with van der Waals surface area (Å²) < 4.78 is 14.1. The molecule has 1 aliphatic heterocycles. The quantitative estimate of drug-likeness (QED) is 0.150. The number of hydrogen-bond acceptors (Lipinski definition) is 5. The van der Waals surface area contributed by atoms with Crippen LogP contribution in [0.2, 0.25) is 10.1 Å². The fourth-order valence-electron chi connectivity index (χ4n) is 9.24. The summed E-state index contributed by atoms with van der Waals surface area (Å²) in [5.74, 6) is -2.06. The number of halogens is 1. The van der Waals surface area contributed by atoms with E-state index < -0.39 is 32.6 Å². The molecule has 2 aliphatic carbocycles. The van der Waals surface area contributed by atoms with Crippen LogP contribution in [-0.4, -0.2) is 56.8 Å². The van der Waals surface area contributed by atoms with Gasteiger partial charge >= 0.3 is 11.9 Å². The van der Waals surface area contributed by atoms with Gasteiger partial charge in [0.15, 0.2) is 0 Å². The van der Waals surface area contributed by atoms with Gasteiger partial charge in [0.25, 0.3) is 8.32 Å². The second-order valence-electron chi connectivity index (χ2n) is 16.4. The lowest BCUT2D eigenvalue weighted by atomic mass is 9.69. The molecule has 1 fully saturated rings. The Morgan fingerprint density at radius 1 is 0.943 bits per heavy atom. The minimum atomic E-state index is -2.71. The molecule has 3 aliphatic rings. The molecular weight excluding hydrogens is 702 g/mol. The molecule has 7 rings (SSSR count). The molecule has 0 aromatic heterocycles. The molecule has 2 N–H and O–H groups in total. The van der Waals surface area contributed by atoms with Crippen LogP contribution in [0.1, 0.15) is 75.5 Å². The SMILES string of the molecule is CC(C)(C)[Si](OC[C@@H]1CC[C@H]1CN1C[C@@]2(CCCc3cc(Cl)ccc32)COc2ccc(C(CC(=O)O)C(=O)O)cc21)(c1ccccc1)c1ccccc1. The maximum atomic E-state index is 12.3. The smallest absolute Gasteiger partial charge is 0.311 e. The molecule has 1 unspecified atom stereocenters. The van der Waals surface area contributed by atoms with Crippen molar-refractivity contribution in [3.05, 3.63) is 119 Å². The Bertz CT molecular complexity index is 1910. The lowest BCUT2D eigenvalue weighted by molar-refractivity contribution is -0.145. The third-order valence-corrected chi connectivity index (χ3v) is 17.3. The standard InChI is InChI=1S/C44H50ClNO6Si/c1-43(2,3)53(35-12-6-4-7-13-35,36-14-8-5-9-15-36)52-27-33-17-16-32(33)26-46-28-44(22-10-11-31-23-34(45)19-20-38(31)44)29-51-40-21-18-30(24-39(40)46)37(42(49)50)25-41(47)48/h4-9,12-15,18-21,23-24,32-33,37H,10-11,16-17,22,25-29H2,1-3H3,(H,47,48)(H,49,50)/t32-,33-,37?,44-/m0/s1. The molecule has 1 spiro atoms.